The van der Waals surface area contributed by atoms with E-state index in [1.165, 1.54) is 0 Å². The van der Waals surface area contributed by atoms with Gasteiger partial charge in [-0.1, -0.05) is 0 Å². The molecule has 0 aliphatic heterocycles. The van der Waals surface area contributed by atoms with E-state index in [-0.39, 0.29) is 0 Å². The van der Waals surface area contributed by atoms with Crippen LogP contribution in [0, 0.1) is 13.8 Å². The smallest absolute Gasteiger partial charge is 0.152 e. The first-order valence-electron chi connectivity index (χ1n) is 6.47. The van der Waals surface area contributed by atoms with Crippen molar-refractivity contribution in [3.8, 4) is 22.8 Å². The third-order valence-electron chi connectivity index (χ3n) is 3.28. The molecular weight excluding hydrogens is 334 g/mol. The molecule has 1 heterocycles. The minimum absolute atomic E-state index is 0.670. The highest BCUT2D eigenvalue weighted by atomic mass is 79.9. The first kappa shape index (κ1) is 15.6. The Bertz CT molecular complexity index is 674. The van der Waals surface area contributed by atoms with Gasteiger partial charge in [0, 0.05) is 12.6 Å². The van der Waals surface area contributed by atoms with Crippen LogP contribution >= 0.6 is 15.9 Å². The molecule has 2 rings (SSSR count). The molecule has 0 aliphatic carbocycles. The van der Waals surface area contributed by atoms with Crippen LogP contribution < -0.4 is 14.8 Å². The van der Waals surface area contributed by atoms with Gasteiger partial charge in [-0.05, 0) is 41.9 Å². The predicted molar refractivity (Wildman–Crippen MR) is 87.3 cm³/mol. The summed E-state index contributed by atoms with van der Waals surface area (Å²) < 4.78 is 11.6. The predicted octanol–water partition coefficient (Wildman–Crippen LogP) is 3.58. The van der Waals surface area contributed by atoms with Crippen molar-refractivity contribution in [1.29, 1.82) is 0 Å². The molecule has 1 aromatic carbocycles. The zero-order chi connectivity index (χ0) is 15.6. The minimum Gasteiger partial charge on any atom is -0.495 e. The van der Waals surface area contributed by atoms with Gasteiger partial charge in [-0.15, -0.1) is 0 Å². The second kappa shape index (κ2) is 6.30. The maximum atomic E-state index is 5.52. The number of nitrogens with one attached hydrogen (secondary N) is 1. The maximum absolute atomic E-state index is 5.52. The van der Waals surface area contributed by atoms with E-state index in [4.69, 9.17) is 9.47 Å². The Kier molecular flexibility index (Phi) is 4.67. The lowest BCUT2D eigenvalue weighted by Gasteiger charge is -2.16. The van der Waals surface area contributed by atoms with Crippen molar-refractivity contribution in [3.05, 3.63) is 28.0 Å². The molecule has 6 heteroatoms. The van der Waals surface area contributed by atoms with Gasteiger partial charge in [0.15, 0.2) is 5.82 Å². The van der Waals surface area contributed by atoms with Crippen molar-refractivity contribution in [1.82, 2.24) is 9.97 Å². The molecule has 0 atom stereocenters. The number of methoxy groups -OCH3 is 2. The number of aromatic nitrogens is 2. The second-order valence-corrected chi connectivity index (χ2v) is 5.30. The number of anilines is 1. The van der Waals surface area contributed by atoms with Gasteiger partial charge in [0.25, 0.3) is 0 Å². The van der Waals surface area contributed by atoms with Crippen LogP contribution in [0.5, 0.6) is 11.5 Å². The molecule has 21 heavy (non-hydrogen) atoms. The van der Waals surface area contributed by atoms with Crippen LogP contribution in [0.25, 0.3) is 11.3 Å². The number of hydrogen-bond acceptors (Lipinski definition) is 5. The van der Waals surface area contributed by atoms with E-state index in [0.29, 0.717) is 17.3 Å². The number of ether oxygens (including phenoxy) is 2. The van der Waals surface area contributed by atoms with Gasteiger partial charge in [-0.25, -0.2) is 9.97 Å². The number of aryl methyl sites for hydroxylation is 2. The van der Waals surface area contributed by atoms with Gasteiger partial charge in [-0.3, -0.25) is 0 Å². The summed E-state index contributed by atoms with van der Waals surface area (Å²) in [6, 6.07) is 3.79. The van der Waals surface area contributed by atoms with Crippen molar-refractivity contribution in [2.45, 2.75) is 13.8 Å². The van der Waals surface area contributed by atoms with Gasteiger partial charge in [0.1, 0.15) is 21.7 Å². The SMILES string of the molecule is CNc1nc(C)c(C)nc1-c1ccc(OC)c(Br)c1OC. The highest BCUT2D eigenvalue weighted by molar-refractivity contribution is 9.10. The minimum atomic E-state index is 0.670. The molecule has 0 bridgehead atoms. The quantitative estimate of drug-likeness (QED) is 0.912. The summed E-state index contributed by atoms with van der Waals surface area (Å²) in [6.07, 6.45) is 0. The standard InChI is InChI=1S/C15H18BrN3O2/c1-8-9(2)19-15(17-3)13(18-8)10-6-7-11(20-4)12(16)14(10)21-5/h6-7H,1-5H3,(H,17,19). The summed E-state index contributed by atoms with van der Waals surface area (Å²) in [7, 11) is 5.07. The second-order valence-electron chi connectivity index (χ2n) is 4.50. The zero-order valence-electron chi connectivity index (χ0n) is 12.7. The van der Waals surface area contributed by atoms with Crippen LogP contribution in [-0.2, 0) is 0 Å². The average molecular weight is 352 g/mol. The van der Waals surface area contributed by atoms with E-state index in [1.54, 1.807) is 14.2 Å². The summed E-state index contributed by atoms with van der Waals surface area (Å²) in [5, 5.41) is 3.09. The lowest BCUT2D eigenvalue weighted by Crippen LogP contribution is -2.04. The lowest BCUT2D eigenvalue weighted by molar-refractivity contribution is 0.390. The number of halogens is 1. The van der Waals surface area contributed by atoms with Gasteiger partial charge < -0.3 is 14.8 Å². The summed E-state index contributed by atoms with van der Waals surface area (Å²) in [5.41, 5.74) is 3.39. The Hall–Kier alpha value is -1.82. The molecule has 0 spiro atoms. The Labute approximate surface area is 132 Å². The van der Waals surface area contributed by atoms with Gasteiger partial charge in [-0.2, -0.15) is 0 Å². The molecule has 1 N–H and O–H groups in total. The van der Waals surface area contributed by atoms with Gasteiger partial charge >= 0.3 is 0 Å². The van der Waals surface area contributed by atoms with E-state index in [1.807, 2.05) is 33.0 Å². The molecule has 0 aliphatic rings. The maximum Gasteiger partial charge on any atom is 0.152 e. The average Bonchev–Trinajstić information content (AvgIpc) is 2.49. The third-order valence-corrected chi connectivity index (χ3v) is 4.04. The number of benzene rings is 1. The Morgan fingerprint density at radius 1 is 1.05 bits per heavy atom. The van der Waals surface area contributed by atoms with Gasteiger partial charge in [0.05, 0.1) is 25.6 Å². The van der Waals surface area contributed by atoms with Crippen LogP contribution in [-0.4, -0.2) is 31.2 Å². The zero-order valence-corrected chi connectivity index (χ0v) is 14.3. The van der Waals surface area contributed by atoms with Crippen LogP contribution in [0.2, 0.25) is 0 Å². The summed E-state index contributed by atoms with van der Waals surface area (Å²) in [5.74, 6) is 2.09. The fraction of sp³-hybridized carbons (Fsp3) is 0.333. The Balaban J connectivity index is 2.72. The first-order chi connectivity index (χ1) is 10.0. The highest BCUT2D eigenvalue weighted by Crippen LogP contribution is 2.43. The van der Waals surface area contributed by atoms with E-state index in [2.05, 4.69) is 31.2 Å². The largest absolute Gasteiger partial charge is 0.495 e. The Morgan fingerprint density at radius 3 is 2.29 bits per heavy atom. The van der Waals surface area contributed by atoms with Crippen molar-refractivity contribution >= 4 is 21.7 Å². The molecule has 0 fully saturated rings. The molecule has 1 aromatic heterocycles. The normalized spacial score (nSPS) is 10.4. The van der Waals surface area contributed by atoms with Crippen molar-refractivity contribution < 1.29 is 9.47 Å². The van der Waals surface area contributed by atoms with Crippen LogP contribution in [0.1, 0.15) is 11.4 Å². The monoisotopic (exact) mass is 351 g/mol. The molecular formula is C15H18BrN3O2. The lowest BCUT2D eigenvalue weighted by atomic mass is 10.1. The van der Waals surface area contributed by atoms with E-state index in [9.17, 15) is 0 Å². The number of hydrogen-bond donors (Lipinski definition) is 1. The Morgan fingerprint density at radius 2 is 1.71 bits per heavy atom. The summed E-state index contributed by atoms with van der Waals surface area (Å²) in [4.78, 5) is 9.19. The molecule has 5 nitrogen and oxygen atoms in total. The molecule has 0 unspecified atom stereocenters. The van der Waals surface area contributed by atoms with Crippen molar-refractivity contribution in [2.24, 2.45) is 0 Å². The molecule has 0 saturated carbocycles. The molecule has 0 radical (unpaired) electrons. The third kappa shape index (κ3) is 2.81. The van der Waals surface area contributed by atoms with E-state index in [0.717, 1.165) is 27.1 Å². The topological polar surface area (TPSA) is 56.3 Å². The molecule has 0 saturated heterocycles. The highest BCUT2D eigenvalue weighted by Gasteiger charge is 2.19. The van der Waals surface area contributed by atoms with Crippen LogP contribution in [0.4, 0.5) is 5.82 Å². The van der Waals surface area contributed by atoms with E-state index >= 15 is 0 Å². The molecule has 2 aromatic rings. The summed E-state index contributed by atoms with van der Waals surface area (Å²) >= 11 is 3.51. The van der Waals surface area contributed by atoms with Crippen LogP contribution in [0.3, 0.4) is 0 Å². The van der Waals surface area contributed by atoms with Gasteiger partial charge in [0.2, 0.25) is 0 Å². The fourth-order valence-corrected chi connectivity index (χ4v) is 2.72. The van der Waals surface area contributed by atoms with E-state index < -0.39 is 0 Å². The van der Waals surface area contributed by atoms with Crippen LogP contribution in [0.15, 0.2) is 16.6 Å². The molecule has 0 amide bonds. The first-order valence-corrected chi connectivity index (χ1v) is 7.26. The number of nitrogens with zero attached hydrogens (tertiary/aromatic N) is 2. The van der Waals surface area contributed by atoms with Crippen molar-refractivity contribution in [3.63, 3.8) is 0 Å². The van der Waals surface area contributed by atoms with Crippen molar-refractivity contribution in [2.75, 3.05) is 26.6 Å². The molecule has 112 valence electrons. The summed E-state index contributed by atoms with van der Waals surface area (Å²) in [6.45, 7) is 3.88. The number of rotatable bonds is 4. The fourth-order valence-electron chi connectivity index (χ4n) is 2.05.